The van der Waals surface area contributed by atoms with Crippen molar-refractivity contribution in [3.63, 3.8) is 0 Å². The van der Waals surface area contributed by atoms with Crippen molar-refractivity contribution in [3.8, 4) is 0 Å². The molecule has 0 radical (unpaired) electrons. The number of aromatic nitrogens is 2. The lowest BCUT2D eigenvalue weighted by atomic mass is 10.2. The van der Waals surface area contributed by atoms with Gasteiger partial charge in [-0.05, 0) is 0 Å². The lowest BCUT2D eigenvalue weighted by Crippen LogP contribution is -2.20. The van der Waals surface area contributed by atoms with E-state index in [0.717, 1.165) is 0 Å². The van der Waals surface area contributed by atoms with Gasteiger partial charge in [-0.25, -0.2) is 9.78 Å². The molecule has 0 amide bonds. The number of aliphatic carboxylic acids is 1. The molecule has 1 N–H and O–H groups in total. The second kappa shape index (κ2) is 3.13. The van der Waals surface area contributed by atoms with Gasteiger partial charge in [0.2, 0.25) is 6.10 Å². The minimum absolute atomic E-state index is 0.264. The summed E-state index contributed by atoms with van der Waals surface area (Å²) in [5.41, 5.74) is 0.574. The summed E-state index contributed by atoms with van der Waals surface area (Å²) >= 11 is 0. The van der Waals surface area contributed by atoms with Crippen molar-refractivity contribution in [1.82, 2.24) is 9.55 Å². The Morgan fingerprint density at radius 1 is 1.79 bits per heavy atom. The van der Waals surface area contributed by atoms with Gasteiger partial charge in [0, 0.05) is 25.9 Å². The second-order valence-corrected chi connectivity index (χ2v) is 3.04. The van der Waals surface area contributed by atoms with Gasteiger partial charge in [0.05, 0.1) is 0 Å². The fourth-order valence-corrected chi connectivity index (χ4v) is 1.29. The van der Waals surface area contributed by atoms with E-state index < -0.39 is 12.1 Å². The molecule has 0 bridgehead atoms. The number of oxime groups is 1. The predicted molar refractivity (Wildman–Crippen MR) is 46.9 cm³/mol. The van der Waals surface area contributed by atoms with Crippen molar-refractivity contribution in [3.05, 3.63) is 18.2 Å². The molecule has 1 aliphatic rings. The highest BCUT2D eigenvalue weighted by molar-refractivity contribution is 6.00. The van der Waals surface area contributed by atoms with Crippen LogP contribution in [0.4, 0.5) is 0 Å². The minimum Gasteiger partial charge on any atom is -0.478 e. The molecule has 0 fully saturated rings. The summed E-state index contributed by atoms with van der Waals surface area (Å²) in [6.07, 6.45) is 2.79. The molecule has 6 heteroatoms. The number of carboxylic acid groups (broad SMARTS) is 1. The maximum Gasteiger partial charge on any atom is 0.348 e. The Balaban J connectivity index is 2.17. The largest absolute Gasteiger partial charge is 0.478 e. The normalized spacial score (nSPS) is 20.4. The summed E-state index contributed by atoms with van der Waals surface area (Å²) in [6.45, 7) is 0. The summed E-state index contributed by atoms with van der Waals surface area (Å²) in [7, 11) is 1.82. The molecule has 2 rings (SSSR count). The fraction of sp³-hybridized carbons (Fsp3) is 0.375. The molecule has 0 saturated carbocycles. The van der Waals surface area contributed by atoms with Crippen LogP contribution >= 0.6 is 0 Å². The molecule has 1 unspecified atom stereocenters. The number of hydrogen-bond donors (Lipinski definition) is 1. The van der Waals surface area contributed by atoms with Crippen molar-refractivity contribution >= 4 is 11.7 Å². The second-order valence-electron chi connectivity index (χ2n) is 3.04. The summed E-state index contributed by atoms with van der Waals surface area (Å²) in [5.74, 6) is -0.355. The Kier molecular flexibility index (Phi) is 1.95. The summed E-state index contributed by atoms with van der Waals surface area (Å²) in [6, 6.07) is 0. The number of carboxylic acids is 1. The van der Waals surface area contributed by atoms with E-state index in [1.807, 2.05) is 7.05 Å². The molecule has 0 aromatic carbocycles. The van der Waals surface area contributed by atoms with Crippen LogP contribution in [0.3, 0.4) is 0 Å². The molecule has 1 aromatic rings. The van der Waals surface area contributed by atoms with Gasteiger partial charge in [-0.15, -0.1) is 0 Å². The van der Waals surface area contributed by atoms with E-state index in [2.05, 4.69) is 10.1 Å². The summed E-state index contributed by atoms with van der Waals surface area (Å²) in [4.78, 5) is 19.4. The van der Waals surface area contributed by atoms with Crippen LogP contribution in [0.25, 0.3) is 0 Å². The van der Waals surface area contributed by atoms with Crippen LogP contribution in [-0.4, -0.2) is 32.4 Å². The quantitative estimate of drug-likeness (QED) is 0.720. The Bertz CT molecular complexity index is 396. The zero-order valence-electron chi connectivity index (χ0n) is 7.54. The molecule has 74 valence electrons. The van der Waals surface area contributed by atoms with Gasteiger partial charge in [-0.2, -0.15) is 0 Å². The van der Waals surface area contributed by atoms with Gasteiger partial charge in [0.25, 0.3) is 0 Å². The highest BCUT2D eigenvalue weighted by Crippen LogP contribution is 2.14. The fourth-order valence-electron chi connectivity index (χ4n) is 1.29. The molecule has 1 aliphatic heterocycles. The highest BCUT2D eigenvalue weighted by Gasteiger charge is 2.29. The van der Waals surface area contributed by atoms with Crippen LogP contribution in [0.5, 0.6) is 0 Å². The van der Waals surface area contributed by atoms with Crippen LogP contribution in [-0.2, 0) is 16.7 Å². The minimum atomic E-state index is -1.00. The third-order valence-electron chi connectivity index (χ3n) is 2.02. The Labute approximate surface area is 79.8 Å². The van der Waals surface area contributed by atoms with Crippen LogP contribution in [0, 0.1) is 0 Å². The monoisotopic (exact) mass is 195 g/mol. The van der Waals surface area contributed by atoms with Gasteiger partial charge in [-0.1, -0.05) is 5.16 Å². The van der Waals surface area contributed by atoms with E-state index in [9.17, 15) is 4.79 Å². The number of aryl methyl sites for hydroxylation is 1. The predicted octanol–water partition coefficient (Wildman–Crippen LogP) is -0.00230. The molecule has 6 nitrogen and oxygen atoms in total. The molecular weight excluding hydrogens is 186 g/mol. The molecule has 1 atom stereocenters. The highest BCUT2D eigenvalue weighted by atomic mass is 16.7. The van der Waals surface area contributed by atoms with Gasteiger partial charge in [0.15, 0.2) is 5.82 Å². The topological polar surface area (TPSA) is 76.7 Å². The Hall–Kier alpha value is -1.85. The first-order valence-electron chi connectivity index (χ1n) is 4.11. The molecule has 1 aromatic heterocycles. The zero-order chi connectivity index (χ0) is 10.1. The molecule has 2 heterocycles. The van der Waals surface area contributed by atoms with E-state index in [4.69, 9.17) is 9.94 Å². The lowest BCUT2D eigenvalue weighted by Gasteiger charge is -1.99. The number of imidazole rings is 1. The van der Waals surface area contributed by atoms with Crippen LogP contribution in [0.15, 0.2) is 17.5 Å². The number of nitrogens with zero attached hydrogens (tertiary/aromatic N) is 3. The van der Waals surface area contributed by atoms with Crippen LogP contribution < -0.4 is 0 Å². The van der Waals surface area contributed by atoms with Crippen LogP contribution in [0.1, 0.15) is 12.2 Å². The number of hydrogen-bond acceptors (Lipinski definition) is 4. The average molecular weight is 195 g/mol. The standard InChI is InChI=1S/C8H9N3O3/c1-11-3-2-9-7(11)5-4-6(8(12)13)14-10-5/h2-3,6H,4H2,1H3,(H,12,13). The summed E-state index contributed by atoms with van der Waals surface area (Å²) in [5, 5.41) is 12.4. The molecule has 14 heavy (non-hydrogen) atoms. The van der Waals surface area contributed by atoms with Gasteiger partial charge < -0.3 is 14.5 Å². The molecule has 0 spiro atoms. The first-order chi connectivity index (χ1) is 6.68. The van der Waals surface area contributed by atoms with Crippen molar-refractivity contribution < 1.29 is 14.7 Å². The molecule has 0 aliphatic carbocycles. The Morgan fingerprint density at radius 2 is 2.57 bits per heavy atom. The van der Waals surface area contributed by atoms with Gasteiger partial charge in [-0.3, -0.25) is 0 Å². The van der Waals surface area contributed by atoms with Crippen molar-refractivity contribution in [1.29, 1.82) is 0 Å². The average Bonchev–Trinajstić information content (AvgIpc) is 2.71. The molecule has 0 saturated heterocycles. The SMILES string of the molecule is Cn1ccnc1C1=NOC(C(=O)O)C1. The van der Waals surface area contributed by atoms with Gasteiger partial charge >= 0.3 is 5.97 Å². The van der Waals surface area contributed by atoms with Crippen LogP contribution in [0.2, 0.25) is 0 Å². The number of carbonyl (C=O) groups is 1. The van der Waals surface area contributed by atoms with Crippen molar-refractivity contribution in [2.75, 3.05) is 0 Å². The lowest BCUT2D eigenvalue weighted by molar-refractivity contribution is -0.148. The smallest absolute Gasteiger partial charge is 0.348 e. The first kappa shape index (κ1) is 8.74. The van der Waals surface area contributed by atoms with E-state index in [1.165, 1.54) is 0 Å². The maximum atomic E-state index is 10.6. The van der Waals surface area contributed by atoms with E-state index in [-0.39, 0.29) is 6.42 Å². The van der Waals surface area contributed by atoms with Crippen molar-refractivity contribution in [2.24, 2.45) is 12.2 Å². The first-order valence-corrected chi connectivity index (χ1v) is 4.11. The van der Waals surface area contributed by atoms with Gasteiger partial charge in [0.1, 0.15) is 5.71 Å². The Morgan fingerprint density at radius 3 is 3.07 bits per heavy atom. The summed E-state index contributed by atoms with van der Waals surface area (Å²) < 4.78 is 1.77. The maximum absolute atomic E-state index is 10.6. The zero-order valence-corrected chi connectivity index (χ0v) is 7.54. The molecular formula is C8H9N3O3. The third kappa shape index (κ3) is 1.34. The van der Waals surface area contributed by atoms with E-state index in [0.29, 0.717) is 11.5 Å². The third-order valence-corrected chi connectivity index (χ3v) is 2.02. The van der Waals surface area contributed by atoms with E-state index >= 15 is 0 Å². The van der Waals surface area contributed by atoms with E-state index in [1.54, 1.807) is 17.0 Å². The number of rotatable bonds is 2. The van der Waals surface area contributed by atoms with Crippen molar-refractivity contribution in [2.45, 2.75) is 12.5 Å².